The molecule has 24 heavy (non-hydrogen) atoms. The minimum atomic E-state index is -3.43. The highest BCUT2D eigenvalue weighted by atomic mass is 32.2. The van der Waals surface area contributed by atoms with Gasteiger partial charge in [-0.05, 0) is 37.6 Å². The van der Waals surface area contributed by atoms with Crippen LogP contribution in [0.2, 0.25) is 0 Å². The summed E-state index contributed by atoms with van der Waals surface area (Å²) in [5, 5.41) is 2.77. The summed E-state index contributed by atoms with van der Waals surface area (Å²) in [6.45, 7) is 4.19. The predicted octanol–water partition coefficient (Wildman–Crippen LogP) is 2.50. The van der Waals surface area contributed by atoms with Crippen LogP contribution in [0.25, 0.3) is 0 Å². The van der Waals surface area contributed by atoms with E-state index in [-0.39, 0.29) is 19.0 Å². The molecule has 2 aromatic rings. The van der Waals surface area contributed by atoms with Crippen molar-refractivity contribution in [3.8, 4) is 0 Å². The zero-order valence-electron chi connectivity index (χ0n) is 14.1. The molecule has 0 aliphatic carbocycles. The minimum absolute atomic E-state index is 0.182. The van der Waals surface area contributed by atoms with E-state index < -0.39 is 10.0 Å². The van der Waals surface area contributed by atoms with Gasteiger partial charge in [0.25, 0.3) is 5.91 Å². The number of para-hydroxylation sites is 1. The van der Waals surface area contributed by atoms with Gasteiger partial charge in [-0.25, -0.2) is 8.42 Å². The molecule has 0 saturated heterocycles. The fourth-order valence-electron chi connectivity index (χ4n) is 2.47. The Morgan fingerprint density at radius 1 is 1.08 bits per heavy atom. The summed E-state index contributed by atoms with van der Waals surface area (Å²) in [6, 6.07) is 14.5. The van der Waals surface area contributed by atoms with Gasteiger partial charge >= 0.3 is 0 Å². The van der Waals surface area contributed by atoms with E-state index in [0.29, 0.717) is 11.3 Å². The maximum Gasteiger partial charge on any atom is 0.251 e. The van der Waals surface area contributed by atoms with Crippen LogP contribution in [0.1, 0.15) is 21.5 Å². The number of carbonyl (C=O) groups is 1. The molecule has 1 N–H and O–H groups in total. The average Bonchev–Trinajstić information content (AvgIpc) is 2.51. The van der Waals surface area contributed by atoms with E-state index in [2.05, 4.69) is 5.32 Å². The Labute approximate surface area is 143 Å². The van der Waals surface area contributed by atoms with Crippen molar-refractivity contribution in [2.24, 2.45) is 0 Å². The number of carbonyl (C=O) groups excluding carboxylic acids is 1. The van der Waals surface area contributed by atoms with Gasteiger partial charge < -0.3 is 5.32 Å². The van der Waals surface area contributed by atoms with Gasteiger partial charge in [-0.2, -0.15) is 0 Å². The molecule has 0 atom stereocenters. The second-order valence-electron chi connectivity index (χ2n) is 5.75. The molecule has 2 aromatic carbocycles. The summed E-state index contributed by atoms with van der Waals surface area (Å²) in [4.78, 5) is 12.2. The Kier molecular flexibility index (Phi) is 5.62. The molecule has 2 rings (SSSR count). The summed E-state index contributed by atoms with van der Waals surface area (Å²) in [7, 11) is -3.43. The van der Waals surface area contributed by atoms with Crippen molar-refractivity contribution in [2.45, 2.75) is 13.8 Å². The SMILES string of the molecule is Cc1cccc(C(=O)NCCN(c2ccccc2C)S(C)(=O)=O)c1. The number of benzene rings is 2. The van der Waals surface area contributed by atoms with E-state index in [1.807, 2.05) is 38.1 Å². The molecule has 0 heterocycles. The highest BCUT2D eigenvalue weighted by molar-refractivity contribution is 7.92. The van der Waals surface area contributed by atoms with Crippen molar-refractivity contribution >= 4 is 21.6 Å². The third-order valence-electron chi connectivity index (χ3n) is 3.67. The number of hydrogen-bond acceptors (Lipinski definition) is 3. The van der Waals surface area contributed by atoms with Gasteiger partial charge in [0.2, 0.25) is 10.0 Å². The number of nitrogens with zero attached hydrogens (tertiary/aromatic N) is 1. The molecule has 128 valence electrons. The van der Waals surface area contributed by atoms with E-state index in [9.17, 15) is 13.2 Å². The Morgan fingerprint density at radius 2 is 1.79 bits per heavy atom. The first kappa shape index (κ1) is 18.0. The molecule has 0 aliphatic rings. The monoisotopic (exact) mass is 346 g/mol. The van der Waals surface area contributed by atoms with Crippen LogP contribution >= 0.6 is 0 Å². The topological polar surface area (TPSA) is 66.5 Å². The van der Waals surface area contributed by atoms with Crippen molar-refractivity contribution in [3.63, 3.8) is 0 Å². The fourth-order valence-corrected chi connectivity index (χ4v) is 3.45. The van der Waals surface area contributed by atoms with Gasteiger partial charge in [0.05, 0.1) is 18.5 Å². The summed E-state index contributed by atoms with van der Waals surface area (Å²) < 4.78 is 25.5. The molecular weight excluding hydrogens is 324 g/mol. The molecule has 0 saturated carbocycles. The first-order chi connectivity index (χ1) is 11.3. The van der Waals surface area contributed by atoms with E-state index in [1.165, 1.54) is 10.6 Å². The lowest BCUT2D eigenvalue weighted by Gasteiger charge is -2.24. The quantitative estimate of drug-likeness (QED) is 0.874. The fraction of sp³-hybridized carbons (Fsp3) is 0.278. The van der Waals surface area contributed by atoms with E-state index >= 15 is 0 Å². The summed E-state index contributed by atoms with van der Waals surface area (Å²) in [6.07, 6.45) is 1.17. The smallest absolute Gasteiger partial charge is 0.251 e. The maximum absolute atomic E-state index is 12.2. The lowest BCUT2D eigenvalue weighted by atomic mass is 10.1. The lowest BCUT2D eigenvalue weighted by molar-refractivity contribution is 0.0954. The van der Waals surface area contributed by atoms with Crippen molar-refractivity contribution in [1.82, 2.24) is 5.32 Å². The highest BCUT2D eigenvalue weighted by Gasteiger charge is 2.19. The molecule has 0 radical (unpaired) electrons. The first-order valence-electron chi connectivity index (χ1n) is 7.67. The van der Waals surface area contributed by atoms with Gasteiger partial charge in [-0.1, -0.05) is 35.9 Å². The number of amides is 1. The third-order valence-corrected chi connectivity index (χ3v) is 4.85. The molecular formula is C18H22N2O3S. The van der Waals surface area contributed by atoms with E-state index in [4.69, 9.17) is 0 Å². The largest absolute Gasteiger partial charge is 0.350 e. The molecule has 6 heteroatoms. The molecule has 0 aromatic heterocycles. The molecule has 0 bridgehead atoms. The summed E-state index contributed by atoms with van der Waals surface area (Å²) in [5.41, 5.74) is 3.06. The van der Waals surface area contributed by atoms with Crippen LogP contribution in [0, 0.1) is 13.8 Å². The maximum atomic E-state index is 12.2. The van der Waals surface area contributed by atoms with Crippen LogP contribution in [0.5, 0.6) is 0 Å². The Balaban J connectivity index is 2.07. The first-order valence-corrected chi connectivity index (χ1v) is 9.52. The van der Waals surface area contributed by atoms with Crippen molar-refractivity contribution in [3.05, 3.63) is 65.2 Å². The second kappa shape index (κ2) is 7.49. The Morgan fingerprint density at radius 3 is 2.42 bits per heavy atom. The van der Waals surface area contributed by atoms with Crippen LogP contribution < -0.4 is 9.62 Å². The second-order valence-corrected chi connectivity index (χ2v) is 7.65. The van der Waals surface area contributed by atoms with Crippen molar-refractivity contribution in [1.29, 1.82) is 0 Å². The molecule has 0 fully saturated rings. The third kappa shape index (κ3) is 4.58. The van der Waals surface area contributed by atoms with Crippen LogP contribution in [0.15, 0.2) is 48.5 Å². The van der Waals surface area contributed by atoms with Gasteiger partial charge in [0, 0.05) is 12.1 Å². The van der Waals surface area contributed by atoms with Crippen LogP contribution in [-0.4, -0.2) is 33.7 Å². The number of hydrogen-bond donors (Lipinski definition) is 1. The lowest BCUT2D eigenvalue weighted by Crippen LogP contribution is -2.38. The van der Waals surface area contributed by atoms with E-state index in [0.717, 1.165) is 11.1 Å². The highest BCUT2D eigenvalue weighted by Crippen LogP contribution is 2.21. The van der Waals surface area contributed by atoms with Gasteiger partial charge in [0.15, 0.2) is 0 Å². The molecule has 5 nitrogen and oxygen atoms in total. The molecule has 0 aliphatic heterocycles. The molecule has 0 spiro atoms. The normalized spacial score (nSPS) is 11.1. The van der Waals surface area contributed by atoms with Gasteiger partial charge in [-0.15, -0.1) is 0 Å². The molecule has 1 amide bonds. The van der Waals surface area contributed by atoms with Gasteiger partial charge in [0.1, 0.15) is 0 Å². The minimum Gasteiger partial charge on any atom is -0.350 e. The number of sulfonamides is 1. The Hall–Kier alpha value is -2.34. The zero-order valence-corrected chi connectivity index (χ0v) is 14.9. The number of nitrogens with one attached hydrogen (secondary N) is 1. The van der Waals surface area contributed by atoms with Crippen LogP contribution in [0.4, 0.5) is 5.69 Å². The van der Waals surface area contributed by atoms with Crippen LogP contribution in [0.3, 0.4) is 0 Å². The summed E-state index contributed by atoms with van der Waals surface area (Å²) in [5.74, 6) is -0.211. The number of aryl methyl sites for hydroxylation is 2. The van der Waals surface area contributed by atoms with Crippen molar-refractivity contribution < 1.29 is 13.2 Å². The Bertz CT molecular complexity index is 832. The summed E-state index contributed by atoms with van der Waals surface area (Å²) >= 11 is 0. The molecule has 0 unspecified atom stereocenters. The number of rotatable bonds is 6. The predicted molar refractivity (Wildman–Crippen MR) is 96.9 cm³/mol. The van der Waals surface area contributed by atoms with E-state index in [1.54, 1.807) is 24.3 Å². The number of anilines is 1. The van der Waals surface area contributed by atoms with Crippen LogP contribution in [-0.2, 0) is 10.0 Å². The average molecular weight is 346 g/mol. The van der Waals surface area contributed by atoms with Gasteiger partial charge in [-0.3, -0.25) is 9.10 Å². The van der Waals surface area contributed by atoms with Crippen molar-refractivity contribution in [2.75, 3.05) is 23.7 Å². The standard InChI is InChI=1S/C18H22N2O3S/c1-14-7-6-9-16(13-14)18(21)19-11-12-20(24(3,22)23)17-10-5-4-8-15(17)2/h4-10,13H,11-12H2,1-3H3,(H,19,21). The zero-order chi connectivity index (χ0) is 17.7.